The topological polar surface area (TPSA) is 30.8 Å². The molecule has 0 aliphatic rings. The van der Waals surface area contributed by atoms with Crippen molar-refractivity contribution in [2.45, 2.75) is 38.5 Å². The van der Waals surface area contributed by atoms with Gasteiger partial charge in [-0.05, 0) is 68.1 Å². The molecule has 0 aliphatic heterocycles. The summed E-state index contributed by atoms with van der Waals surface area (Å²) in [5.41, 5.74) is 2.34. The predicted molar refractivity (Wildman–Crippen MR) is 103 cm³/mol. The highest BCUT2D eigenvalue weighted by Gasteiger charge is 2.08. The van der Waals surface area contributed by atoms with Crippen LogP contribution in [0.25, 0.3) is 0 Å². The Balaban J connectivity index is 1.81. The van der Waals surface area contributed by atoms with Crippen LogP contribution in [0.4, 0.5) is 0 Å². The molecule has 0 aliphatic carbocycles. The van der Waals surface area contributed by atoms with E-state index in [0.717, 1.165) is 23.5 Å². The first-order valence-electron chi connectivity index (χ1n) is 8.01. The molecule has 4 heteroatoms. The molecular weight excluding hydrogens is 318 g/mol. The van der Waals surface area contributed by atoms with Crippen LogP contribution in [-0.4, -0.2) is 18.1 Å². The Hall–Kier alpha value is -1.94. The third-order valence-electron chi connectivity index (χ3n) is 3.22. The lowest BCUT2D eigenvalue weighted by Gasteiger charge is -2.12. The molecule has 2 aromatic carbocycles. The Morgan fingerprint density at radius 1 is 0.917 bits per heavy atom. The second kappa shape index (κ2) is 8.78. The maximum Gasteiger partial charge on any atom is 0.119 e. The van der Waals surface area contributed by atoms with Gasteiger partial charge in [-0.3, -0.25) is 0 Å². The van der Waals surface area contributed by atoms with Gasteiger partial charge in [0, 0.05) is 17.4 Å². The number of benzene rings is 2. The van der Waals surface area contributed by atoms with E-state index in [0.29, 0.717) is 6.61 Å². The number of methoxy groups -OCH3 is 1. The molecular formula is C20H25NO2S. The molecule has 0 fully saturated rings. The number of hydrogen-bond acceptors (Lipinski definition) is 4. The van der Waals surface area contributed by atoms with E-state index in [1.165, 1.54) is 5.56 Å². The van der Waals surface area contributed by atoms with Gasteiger partial charge >= 0.3 is 0 Å². The minimum atomic E-state index is 0.162. The lowest BCUT2D eigenvalue weighted by Crippen LogP contribution is -2.05. The number of rotatable bonds is 7. The van der Waals surface area contributed by atoms with Gasteiger partial charge in [0.15, 0.2) is 0 Å². The van der Waals surface area contributed by atoms with Crippen molar-refractivity contribution in [2.24, 2.45) is 4.40 Å². The van der Waals surface area contributed by atoms with Gasteiger partial charge in [-0.15, -0.1) is 0 Å². The Kier molecular flexibility index (Phi) is 6.73. The summed E-state index contributed by atoms with van der Waals surface area (Å²) in [6.07, 6.45) is 2.80. The normalized spacial score (nSPS) is 11.7. The van der Waals surface area contributed by atoms with Crippen molar-refractivity contribution in [3.63, 3.8) is 0 Å². The van der Waals surface area contributed by atoms with Crippen molar-refractivity contribution < 1.29 is 9.47 Å². The highest BCUT2D eigenvalue weighted by molar-refractivity contribution is 7.99. The summed E-state index contributed by atoms with van der Waals surface area (Å²) in [7, 11) is 1.67. The van der Waals surface area contributed by atoms with Gasteiger partial charge < -0.3 is 9.47 Å². The maximum atomic E-state index is 5.81. The molecule has 0 amide bonds. The second-order valence-corrected chi connectivity index (χ2v) is 8.09. The highest BCUT2D eigenvalue weighted by Crippen LogP contribution is 2.23. The molecule has 0 aromatic heterocycles. The fraction of sp³-hybridized carbons (Fsp3) is 0.350. The smallest absolute Gasteiger partial charge is 0.119 e. The third kappa shape index (κ3) is 6.67. The second-order valence-electron chi connectivity index (χ2n) is 6.48. The molecule has 0 radical (unpaired) electrons. The molecule has 128 valence electrons. The van der Waals surface area contributed by atoms with Crippen molar-refractivity contribution in [1.29, 1.82) is 0 Å². The van der Waals surface area contributed by atoms with Crippen LogP contribution in [0.2, 0.25) is 0 Å². The van der Waals surface area contributed by atoms with Gasteiger partial charge in [0.25, 0.3) is 0 Å². The number of ether oxygens (including phenoxy) is 2. The van der Waals surface area contributed by atoms with E-state index >= 15 is 0 Å². The lowest BCUT2D eigenvalue weighted by atomic mass is 10.1. The average molecular weight is 343 g/mol. The first-order valence-corrected chi connectivity index (χ1v) is 8.78. The standard InChI is InChI=1S/C20H25NO2S/c1-20(2,3)24-21-14-13-16-5-11-19(12-6-16)23-15-17-7-9-18(22-4)10-8-17/h5-12,14H,13,15H2,1-4H3/b21-14+. The minimum Gasteiger partial charge on any atom is -0.497 e. The molecule has 0 heterocycles. The highest BCUT2D eigenvalue weighted by atomic mass is 32.2. The van der Waals surface area contributed by atoms with E-state index < -0.39 is 0 Å². The summed E-state index contributed by atoms with van der Waals surface area (Å²) < 4.78 is 15.5. The molecule has 0 saturated carbocycles. The Morgan fingerprint density at radius 3 is 2.08 bits per heavy atom. The van der Waals surface area contributed by atoms with Crippen LogP contribution in [0.3, 0.4) is 0 Å². The van der Waals surface area contributed by atoms with E-state index in [2.05, 4.69) is 37.3 Å². The fourth-order valence-electron chi connectivity index (χ4n) is 1.95. The average Bonchev–Trinajstić information content (AvgIpc) is 2.57. The summed E-state index contributed by atoms with van der Waals surface area (Å²) in [5, 5.41) is 0. The Morgan fingerprint density at radius 2 is 1.50 bits per heavy atom. The van der Waals surface area contributed by atoms with Crippen molar-refractivity contribution in [3.8, 4) is 11.5 Å². The predicted octanol–water partition coefficient (Wildman–Crippen LogP) is 5.33. The van der Waals surface area contributed by atoms with Crippen molar-refractivity contribution in [2.75, 3.05) is 7.11 Å². The van der Waals surface area contributed by atoms with E-state index in [-0.39, 0.29) is 4.75 Å². The van der Waals surface area contributed by atoms with Gasteiger partial charge in [0.05, 0.1) is 7.11 Å². The first kappa shape index (κ1) is 18.4. The van der Waals surface area contributed by atoms with Crippen LogP contribution in [0.5, 0.6) is 11.5 Å². The largest absolute Gasteiger partial charge is 0.497 e. The van der Waals surface area contributed by atoms with Crippen LogP contribution < -0.4 is 9.47 Å². The summed E-state index contributed by atoms with van der Waals surface area (Å²) in [6, 6.07) is 16.1. The van der Waals surface area contributed by atoms with Gasteiger partial charge in [0.2, 0.25) is 0 Å². The SMILES string of the molecule is COc1ccc(COc2ccc(C/C=N/SC(C)(C)C)cc2)cc1. The Labute approximate surface area is 149 Å². The summed E-state index contributed by atoms with van der Waals surface area (Å²) in [4.78, 5) is 0. The molecule has 0 bridgehead atoms. The summed E-state index contributed by atoms with van der Waals surface area (Å²) in [6.45, 7) is 7.02. The van der Waals surface area contributed by atoms with Crippen LogP contribution in [-0.2, 0) is 13.0 Å². The van der Waals surface area contributed by atoms with E-state index in [4.69, 9.17) is 9.47 Å². The summed E-state index contributed by atoms with van der Waals surface area (Å²) >= 11 is 1.60. The quantitative estimate of drug-likeness (QED) is 0.502. The van der Waals surface area contributed by atoms with Crippen molar-refractivity contribution in [3.05, 3.63) is 59.7 Å². The molecule has 3 nitrogen and oxygen atoms in total. The molecule has 2 rings (SSSR count). The zero-order chi connectivity index (χ0) is 17.4. The van der Waals surface area contributed by atoms with Gasteiger partial charge in [0.1, 0.15) is 18.1 Å². The summed E-state index contributed by atoms with van der Waals surface area (Å²) in [5.74, 6) is 1.73. The maximum absolute atomic E-state index is 5.81. The molecule has 24 heavy (non-hydrogen) atoms. The zero-order valence-corrected chi connectivity index (χ0v) is 15.6. The lowest BCUT2D eigenvalue weighted by molar-refractivity contribution is 0.306. The number of hydrogen-bond donors (Lipinski definition) is 0. The first-order chi connectivity index (χ1) is 11.5. The van der Waals surface area contributed by atoms with Crippen LogP contribution in [0, 0.1) is 0 Å². The van der Waals surface area contributed by atoms with Crippen LogP contribution in [0.15, 0.2) is 52.9 Å². The molecule has 0 N–H and O–H groups in total. The van der Waals surface area contributed by atoms with E-state index in [1.54, 1.807) is 19.1 Å². The van der Waals surface area contributed by atoms with Crippen molar-refractivity contribution >= 4 is 18.2 Å². The van der Waals surface area contributed by atoms with Crippen molar-refractivity contribution in [1.82, 2.24) is 0 Å². The third-order valence-corrected chi connectivity index (χ3v) is 4.02. The van der Waals surface area contributed by atoms with E-state index in [1.807, 2.05) is 42.6 Å². The molecule has 0 saturated heterocycles. The van der Waals surface area contributed by atoms with Crippen LogP contribution in [0.1, 0.15) is 31.9 Å². The molecule has 0 spiro atoms. The Bertz CT molecular complexity index is 643. The van der Waals surface area contributed by atoms with Gasteiger partial charge in [-0.25, -0.2) is 4.40 Å². The molecule has 0 unspecified atom stereocenters. The van der Waals surface area contributed by atoms with Gasteiger partial charge in [-0.1, -0.05) is 24.3 Å². The number of nitrogens with zero attached hydrogens (tertiary/aromatic N) is 1. The fourth-order valence-corrected chi connectivity index (χ4v) is 2.41. The molecule has 0 atom stereocenters. The van der Waals surface area contributed by atoms with E-state index in [9.17, 15) is 0 Å². The van der Waals surface area contributed by atoms with Gasteiger partial charge in [-0.2, -0.15) is 0 Å². The van der Waals surface area contributed by atoms with Crippen LogP contribution >= 0.6 is 11.9 Å². The zero-order valence-electron chi connectivity index (χ0n) is 14.8. The minimum absolute atomic E-state index is 0.162. The molecule has 2 aromatic rings. The monoisotopic (exact) mass is 343 g/mol.